The van der Waals surface area contributed by atoms with Crippen LogP contribution >= 0.6 is 0 Å². The molecule has 2 heterocycles. The van der Waals surface area contributed by atoms with Crippen molar-refractivity contribution in [1.29, 1.82) is 0 Å². The van der Waals surface area contributed by atoms with Gasteiger partial charge in [0.25, 0.3) is 0 Å². The summed E-state index contributed by atoms with van der Waals surface area (Å²) < 4.78 is 24.1. The molecule has 0 spiro atoms. The second-order valence-corrected chi connectivity index (χ2v) is 6.21. The topological polar surface area (TPSA) is 89.3 Å². The lowest BCUT2D eigenvalue weighted by Gasteiger charge is -2.10. The molecule has 1 aliphatic heterocycles. The molecule has 7 heteroatoms. The van der Waals surface area contributed by atoms with Crippen LogP contribution in [0, 0.1) is 6.92 Å². The van der Waals surface area contributed by atoms with Crippen LogP contribution in [0.5, 0.6) is 0 Å². The predicted molar refractivity (Wildman–Crippen MR) is 56.2 cm³/mol. The van der Waals surface area contributed by atoms with E-state index in [0.717, 1.165) is 0 Å². The molecular formula is C9H12N2O4S. The maximum Gasteiger partial charge on any atom is 0.356 e. The number of carboxylic acids is 1. The maximum atomic E-state index is 11.3. The quantitative estimate of drug-likeness (QED) is 0.805. The molecular weight excluding hydrogens is 232 g/mol. The SMILES string of the molecule is Cc1cc(C(=O)O)nn1C1CCS(=O)(=O)C1. The molecule has 1 N–H and O–H groups in total. The Bertz CT molecular complexity index is 532. The van der Waals surface area contributed by atoms with Crippen molar-refractivity contribution in [2.75, 3.05) is 11.5 Å². The number of sulfone groups is 1. The van der Waals surface area contributed by atoms with E-state index in [1.165, 1.54) is 10.7 Å². The first-order valence-corrected chi connectivity index (χ1v) is 6.71. The molecule has 1 saturated heterocycles. The van der Waals surface area contributed by atoms with Crippen LogP contribution in [0.3, 0.4) is 0 Å². The zero-order chi connectivity index (χ0) is 11.9. The summed E-state index contributed by atoms with van der Waals surface area (Å²) in [5.41, 5.74) is 0.640. The summed E-state index contributed by atoms with van der Waals surface area (Å²) in [6.07, 6.45) is 0.504. The van der Waals surface area contributed by atoms with Crippen LogP contribution in [0.15, 0.2) is 6.07 Å². The highest BCUT2D eigenvalue weighted by molar-refractivity contribution is 7.91. The number of rotatable bonds is 2. The molecule has 6 nitrogen and oxygen atoms in total. The molecule has 0 amide bonds. The average Bonchev–Trinajstić information content (AvgIpc) is 2.69. The van der Waals surface area contributed by atoms with Crippen LogP contribution in [0.4, 0.5) is 0 Å². The summed E-state index contributed by atoms with van der Waals surface area (Å²) in [5, 5.41) is 12.7. The summed E-state index contributed by atoms with van der Waals surface area (Å²) in [5.74, 6) is -0.892. The second kappa shape index (κ2) is 3.58. The molecule has 1 aromatic rings. The zero-order valence-corrected chi connectivity index (χ0v) is 9.57. The van der Waals surface area contributed by atoms with Crippen molar-refractivity contribution < 1.29 is 18.3 Å². The van der Waals surface area contributed by atoms with E-state index in [1.54, 1.807) is 6.92 Å². The van der Waals surface area contributed by atoms with E-state index >= 15 is 0 Å². The van der Waals surface area contributed by atoms with Crippen LogP contribution < -0.4 is 0 Å². The number of carbonyl (C=O) groups is 1. The maximum absolute atomic E-state index is 11.3. The highest BCUT2D eigenvalue weighted by Gasteiger charge is 2.31. The van der Waals surface area contributed by atoms with Crippen molar-refractivity contribution in [3.63, 3.8) is 0 Å². The molecule has 1 aliphatic rings. The van der Waals surface area contributed by atoms with Gasteiger partial charge >= 0.3 is 5.97 Å². The number of aromatic carboxylic acids is 1. The van der Waals surface area contributed by atoms with Gasteiger partial charge in [-0.1, -0.05) is 0 Å². The zero-order valence-electron chi connectivity index (χ0n) is 8.75. The Morgan fingerprint density at radius 3 is 2.75 bits per heavy atom. The molecule has 0 saturated carbocycles. The predicted octanol–water partition coefficient (Wildman–Crippen LogP) is 0.249. The van der Waals surface area contributed by atoms with Crippen molar-refractivity contribution in [3.05, 3.63) is 17.5 Å². The Balaban J connectivity index is 2.32. The van der Waals surface area contributed by atoms with Gasteiger partial charge in [-0.25, -0.2) is 13.2 Å². The van der Waals surface area contributed by atoms with E-state index in [2.05, 4.69) is 5.10 Å². The van der Waals surface area contributed by atoms with Crippen LogP contribution in [-0.2, 0) is 9.84 Å². The molecule has 1 fully saturated rings. The summed E-state index contributed by atoms with van der Waals surface area (Å²) >= 11 is 0. The van der Waals surface area contributed by atoms with Gasteiger partial charge < -0.3 is 5.11 Å². The van der Waals surface area contributed by atoms with Crippen LogP contribution in [-0.4, -0.2) is 40.8 Å². The Hall–Kier alpha value is -1.37. The molecule has 1 unspecified atom stereocenters. The third-order valence-electron chi connectivity index (χ3n) is 2.70. The fourth-order valence-corrected chi connectivity index (χ4v) is 3.62. The van der Waals surface area contributed by atoms with Gasteiger partial charge in [-0.3, -0.25) is 4.68 Å². The van der Waals surface area contributed by atoms with Gasteiger partial charge in [0.1, 0.15) is 0 Å². The molecule has 0 aliphatic carbocycles. The highest BCUT2D eigenvalue weighted by atomic mass is 32.2. The lowest BCUT2D eigenvalue weighted by Crippen LogP contribution is -2.14. The number of aryl methyl sites for hydroxylation is 1. The number of hydrogen-bond acceptors (Lipinski definition) is 4. The van der Waals surface area contributed by atoms with E-state index in [1.807, 2.05) is 0 Å². The first kappa shape index (κ1) is 11.1. The number of aromatic nitrogens is 2. The van der Waals surface area contributed by atoms with E-state index < -0.39 is 15.8 Å². The fraction of sp³-hybridized carbons (Fsp3) is 0.556. The minimum Gasteiger partial charge on any atom is -0.476 e. The Kier molecular flexibility index (Phi) is 2.49. The van der Waals surface area contributed by atoms with Gasteiger partial charge in [0.15, 0.2) is 15.5 Å². The average molecular weight is 244 g/mol. The Morgan fingerprint density at radius 1 is 1.62 bits per heavy atom. The fourth-order valence-electron chi connectivity index (χ4n) is 1.93. The van der Waals surface area contributed by atoms with Crippen molar-refractivity contribution in [2.45, 2.75) is 19.4 Å². The van der Waals surface area contributed by atoms with Crippen molar-refractivity contribution in [1.82, 2.24) is 9.78 Å². The molecule has 16 heavy (non-hydrogen) atoms. The van der Waals surface area contributed by atoms with E-state index in [9.17, 15) is 13.2 Å². The van der Waals surface area contributed by atoms with Gasteiger partial charge in [0, 0.05) is 5.69 Å². The second-order valence-electron chi connectivity index (χ2n) is 3.98. The number of nitrogens with zero attached hydrogens (tertiary/aromatic N) is 2. The van der Waals surface area contributed by atoms with Gasteiger partial charge in [-0.15, -0.1) is 0 Å². The highest BCUT2D eigenvalue weighted by Crippen LogP contribution is 2.24. The molecule has 2 rings (SSSR count). The summed E-state index contributed by atoms with van der Waals surface area (Å²) in [6.45, 7) is 1.73. The van der Waals surface area contributed by atoms with E-state index in [-0.39, 0.29) is 23.2 Å². The minimum absolute atomic E-state index is 0.0400. The smallest absolute Gasteiger partial charge is 0.356 e. The lowest BCUT2D eigenvalue weighted by atomic mass is 10.2. The third kappa shape index (κ3) is 1.95. The van der Waals surface area contributed by atoms with Crippen LogP contribution in [0.1, 0.15) is 28.6 Å². The molecule has 88 valence electrons. The van der Waals surface area contributed by atoms with Gasteiger partial charge in [0.05, 0.1) is 17.5 Å². The van der Waals surface area contributed by atoms with Gasteiger partial charge in [-0.05, 0) is 19.4 Å². The lowest BCUT2D eigenvalue weighted by molar-refractivity contribution is 0.0689. The van der Waals surface area contributed by atoms with E-state index in [0.29, 0.717) is 12.1 Å². The van der Waals surface area contributed by atoms with Crippen LogP contribution in [0.25, 0.3) is 0 Å². The monoisotopic (exact) mass is 244 g/mol. The summed E-state index contributed by atoms with van der Waals surface area (Å²) in [6, 6.07) is 1.23. The molecule has 0 bridgehead atoms. The number of carboxylic acid groups (broad SMARTS) is 1. The van der Waals surface area contributed by atoms with Crippen molar-refractivity contribution in [3.8, 4) is 0 Å². The minimum atomic E-state index is -2.98. The molecule has 0 aromatic carbocycles. The molecule has 0 radical (unpaired) electrons. The van der Waals surface area contributed by atoms with Gasteiger partial charge in [-0.2, -0.15) is 5.10 Å². The first-order chi connectivity index (χ1) is 7.39. The molecule has 1 aromatic heterocycles. The standard InChI is InChI=1S/C9H12N2O4S/c1-6-4-8(9(12)13)10-11(6)7-2-3-16(14,15)5-7/h4,7H,2-3,5H2,1H3,(H,12,13). The van der Waals surface area contributed by atoms with Crippen LogP contribution in [0.2, 0.25) is 0 Å². The largest absolute Gasteiger partial charge is 0.476 e. The summed E-state index contributed by atoms with van der Waals surface area (Å²) in [4.78, 5) is 10.7. The Labute approximate surface area is 92.8 Å². The van der Waals surface area contributed by atoms with Crippen molar-refractivity contribution in [2.24, 2.45) is 0 Å². The van der Waals surface area contributed by atoms with E-state index in [4.69, 9.17) is 5.11 Å². The third-order valence-corrected chi connectivity index (χ3v) is 4.45. The van der Waals surface area contributed by atoms with Crippen molar-refractivity contribution >= 4 is 15.8 Å². The Morgan fingerprint density at radius 2 is 2.31 bits per heavy atom. The normalized spacial score (nSPS) is 23.4. The summed E-state index contributed by atoms with van der Waals surface area (Å²) in [7, 11) is -2.98. The first-order valence-electron chi connectivity index (χ1n) is 4.89. The molecule has 1 atom stereocenters. The van der Waals surface area contributed by atoms with Gasteiger partial charge in [0.2, 0.25) is 0 Å². The number of hydrogen-bond donors (Lipinski definition) is 1.